The molecular formula is C13H18ClN3O3S. The van der Waals surface area contributed by atoms with Gasteiger partial charge in [0.1, 0.15) is 5.75 Å². The van der Waals surface area contributed by atoms with Crippen LogP contribution in [-0.2, 0) is 14.6 Å². The van der Waals surface area contributed by atoms with E-state index >= 15 is 0 Å². The second-order valence-corrected chi connectivity index (χ2v) is 7.52. The number of carbonyl (C=O) groups is 1. The molecule has 1 aromatic carbocycles. The van der Waals surface area contributed by atoms with Crippen LogP contribution in [0.2, 0.25) is 5.02 Å². The van der Waals surface area contributed by atoms with Crippen LogP contribution < -0.4 is 5.73 Å². The van der Waals surface area contributed by atoms with E-state index in [0.717, 1.165) is 13.1 Å². The summed E-state index contributed by atoms with van der Waals surface area (Å²) in [5, 5.41) is 0.358. The van der Waals surface area contributed by atoms with Crippen molar-refractivity contribution in [3.63, 3.8) is 0 Å². The van der Waals surface area contributed by atoms with E-state index in [4.69, 9.17) is 17.3 Å². The molecule has 116 valence electrons. The Morgan fingerprint density at radius 3 is 2.48 bits per heavy atom. The Kier molecular flexibility index (Phi) is 4.75. The number of halogens is 1. The summed E-state index contributed by atoms with van der Waals surface area (Å²) < 4.78 is 24.6. The van der Waals surface area contributed by atoms with E-state index in [1.165, 1.54) is 18.2 Å². The number of hydrogen-bond acceptors (Lipinski definition) is 5. The number of nitrogens with two attached hydrogens (primary N) is 1. The van der Waals surface area contributed by atoms with Crippen molar-refractivity contribution in [1.82, 2.24) is 9.80 Å². The molecule has 0 aliphatic carbocycles. The molecule has 1 aliphatic heterocycles. The van der Waals surface area contributed by atoms with Crippen LogP contribution in [0.1, 0.15) is 0 Å². The minimum Gasteiger partial charge on any atom is -0.398 e. The lowest BCUT2D eigenvalue weighted by Gasteiger charge is -2.32. The van der Waals surface area contributed by atoms with Gasteiger partial charge in [-0.15, -0.1) is 0 Å². The maximum absolute atomic E-state index is 12.3. The van der Waals surface area contributed by atoms with E-state index in [9.17, 15) is 13.2 Å². The lowest BCUT2D eigenvalue weighted by molar-refractivity contribution is -0.129. The fourth-order valence-electron chi connectivity index (χ4n) is 2.19. The molecule has 2 N–H and O–H groups in total. The zero-order valence-electron chi connectivity index (χ0n) is 11.8. The first-order valence-corrected chi connectivity index (χ1v) is 8.57. The van der Waals surface area contributed by atoms with Crippen LogP contribution in [0.25, 0.3) is 0 Å². The van der Waals surface area contributed by atoms with Gasteiger partial charge in [0.05, 0.1) is 10.6 Å². The molecule has 8 heteroatoms. The molecule has 0 saturated carbocycles. The summed E-state index contributed by atoms with van der Waals surface area (Å²) in [5.41, 5.74) is 5.75. The first-order chi connectivity index (χ1) is 9.79. The molecular weight excluding hydrogens is 314 g/mol. The van der Waals surface area contributed by atoms with E-state index in [0.29, 0.717) is 18.1 Å². The Morgan fingerprint density at radius 2 is 1.90 bits per heavy atom. The van der Waals surface area contributed by atoms with Crippen molar-refractivity contribution in [3.8, 4) is 0 Å². The number of likely N-dealkylation sites (N-methyl/N-ethyl adjacent to an activating group) is 1. The van der Waals surface area contributed by atoms with Gasteiger partial charge in [-0.2, -0.15) is 0 Å². The second kappa shape index (κ2) is 6.21. The monoisotopic (exact) mass is 331 g/mol. The van der Waals surface area contributed by atoms with Gasteiger partial charge in [-0.25, -0.2) is 8.42 Å². The fraction of sp³-hybridized carbons (Fsp3) is 0.462. The smallest absolute Gasteiger partial charge is 0.238 e. The summed E-state index contributed by atoms with van der Waals surface area (Å²) in [5.74, 6) is -0.958. The first kappa shape index (κ1) is 16.1. The van der Waals surface area contributed by atoms with Gasteiger partial charge in [-0.1, -0.05) is 11.6 Å². The van der Waals surface area contributed by atoms with Crippen molar-refractivity contribution in [1.29, 1.82) is 0 Å². The molecule has 1 aromatic rings. The zero-order chi connectivity index (χ0) is 15.6. The van der Waals surface area contributed by atoms with Gasteiger partial charge >= 0.3 is 0 Å². The molecule has 1 fully saturated rings. The highest BCUT2D eigenvalue weighted by atomic mass is 35.5. The third-order valence-corrected chi connectivity index (χ3v) is 5.38. The summed E-state index contributed by atoms with van der Waals surface area (Å²) >= 11 is 5.75. The number of nitrogen functional groups attached to an aromatic ring is 1. The Bertz CT molecular complexity index is 640. The molecule has 0 bridgehead atoms. The first-order valence-electron chi connectivity index (χ1n) is 6.54. The molecule has 0 unspecified atom stereocenters. The lowest BCUT2D eigenvalue weighted by atomic mass is 10.3. The van der Waals surface area contributed by atoms with Crippen molar-refractivity contribution in [2.45, 2.75) is 4.90 Å². The third-order valence-electron chi connectivity index (χ3n) is 3.48. The minimum atomic E-state index is -3.76. The highest BCUT2D eigenvalue weighted by molar-refractivity contribution is 7.92. The molecule has 2 rings (SSSR count). The lowest BCUT2D eigenvalue weighted by Crippen LogP contribution is -2.48. The van der Waals surface area contributed by atoms with Crippen LogP contribution in [0.3, 0.4) is 0 Å². The highest BCUT2D eigenvalue weighted by Gasteiger charge is 2.26. The quantitative estimate of drug-likeness (QED) is 0.814. The van der Waals surface area contributed by atoms with Crippen LogP contribution in [0.15, 0.2) is 23.1 Å². The SMILES string of the molecule is CN1CCN(C(=O)CS(=O)(=O)c2ccc(Cl)cc2N)CC1. The number of carbonyl (C=O) groups excluding carboxylic acids is 1. The normalized spacial score (nSPS) is 17.0. The predicted molar refractivity (Wildman–Crippen MR) is 82.0 cm³/mol. The number of piperazine rings is 1. The van der Waals surface area contributed by atoms with Crippen LogP contribution in [0.5, 0.6) is 0 Å². The number of anilines is 1. The fourth-order valence-corrected chi connectivity index (χ4v) is 3.73. The highest BCUT2D eigenvalue weighted by Crippen LogP contribution is 2.23. The standard InChI is InChI=1S/C13H18ClN3O3S/c1-16-4-6-17(7-5-16)13(18)9-21(19,20)12-3-2-10(14)8-11(12)15/h2-3,8H,4-7,9,15H2,1H3. The number of rotatable bonds is 3. The van der Waals surface area contributed by atoms with Crippen molar-refractivity contribution in [3.05, 3.63) is 23.2 Å². The van der Waals surface area contributed by atoms with Crippen molar-refractivity contribution < 1.29 is 13.2 Å². The third kappa shape index (κ3) is 3.87. The van der Waals surface area contributed by atoms with Gasteiger partial charge in [-0.3, -0.25) is 4.79 Å². The summed E-state index contributed by atoms with van der Waals surface area (Å²) in [7, 11) is -1.79. The summed E-state index contributed by atoms with van der Waals surface area (Å²) in [6.07, 6.45) is 0. The average Bonchev–Trinajstić information content (AvgIpc) is 2.38. The number of sulfone groups is 1. The van der Waals surface area contributed by atoms with Gasteiger partial charge in [-0.05, 0) is 25.2 Å². The van der Waals surface area contributed by atoms with Crippen molar-refractivity contribution in [2.24, 2.45) is 0 Å². The maximum Gasteiger partial charge on any atom is 0.238 e. The van der Waals surface area contributed by atoms with E-state index in [1.54, 1.807) is 4.90 Å². The molecule has 1 amide bonds. The zero-order valence-corrected chi connectivity index (χ0v) is 13.3. The summed E-state index contributed by atoms with van der Waals surface area (Å²) in [6, 6.07) is 4.16. The summed E-state index contributed by atoms with van der Waals surface area (Å²) in [6.45, 7) is 2.58. The van der Waals surface area contributed by atoms with E-state index < -0.39 is 21.5 Å². The topological polar surface area (TPSA) is 83.7 Å². The van der Waals surface area contributed by atoms with Gasteiger partial charge in [0.25, 0.3) is 0 Å². The molecule has 21 heavy (non-hydrogen) atoms. The molecule has 0 atom stereocenters. The number of benzene rings is 1. The summed E-state index contributed by atoms with van der Waals surface area (Å²) in [4.78, 5) is 15.8. The second-order valence-electron chi connectivity index (χ2n) is 5.13. The molecule has 0 spiro atoms. The molecule has 1 heterocycles. The largest absolute Gasteiger partial charge is 0.398 e. The Labute approximate surface area is 129 Å². The predicted octanol–water partition coefficient (Wildman–Crippen LogP) is 0.470. The molecule has 0 radical (unpaired) electrons. The van der Waals surface area contributed by atoms with Gasteiger partial charge in [0.15, 0.2) is 9.84 Å². The van der Waals surface area contributed by atoms with Gasteiger partial charge in [0, 0.05) is 31.2 Å². The Balaban J connectivity index is 2.12. The molecule has 1 aliphatic rings. The van der Waals surface area contributed by atoms with Crippen molar-refractivity contribution in [2.75, 3.05) is 44.7 Å². The van der Waals surface area contributed by atoms with Crippen LogP contribution in [0, 0.1) is 0 Å². The Hall–Kier alpha value is -1.31. The van der Waals surface area contributed by atoms with Gasteiger partial charge < -0.3 is 15.5 Å². The molecule has 0 aromatic heterocycles. The van der Waals surface area contributed by atoms with Crippen LogP contribution in [0.4, 0.5) is 5.69 Å². The number of hydrogen-bond donors (Lipinski definition) is 1. The average molecular weight is 332 g/mol. The van der Waals surface area contributed by atoms with Crippen molar-refractivity contribution >= 4 is 33.0 Å². The van der Waals surface area contributed by atoms with Crippen LogP contribution in [-0.4, -0.2) is 63.1 Å². The van der Waals surface area contributed by atoms with Crippen LogP contribution >= 0.6 is 11.6 Å². The maximum atomic E-state index is 12.3. The number of amides is 1. The molecule has 1 saturated heterocycles. The van der Waals surface area contributed by atoms with E-state index in [-0.39, 0.29) is 10.6 Å². The minimum absolute atomic E-state index is 0.0469. The number of nitrogens with zero attached hydrogens (tertiary/aromatic N) is 2. The molecule has 6 nitrogen and oxygen atoms in total. The van der Waals surface area contributed by atoms with E-state index in [2.05, 4.69) is 4.90 Å². The van der Waals surface area contributed by atoms with E-state index in [1.807, 2.05) is 7.05 Å². The van der Waals surface area contributed by atoms with Gasteiger partial charge in [0.2, 0.25) is 5.91 Å². The Morgan fingerprint density at radius 1 is 1.29 bits per heavy atom.